The molecule has 2 aromatic rings. The van der Waals surface area contributed by atoms with Crippen molar-refractivity contribution in [3.05, 3.63) is 35.5 Å². The number of piperazine rings is 1. The van der Waals surface area contributed by atoms with Crippen LogP contribution in [0.15, 0.2) is 24.3 Å². The number of nitrogens with zero attached hydrogens (tertiary/aromatic N) is 4. The van der Waals surface area contributed by atoms with Crippen LogP contribution in [0.25, 0.3) is 0 Å². The van der Waals surface area contributed by atoms with Gasteiger partial charge in [-0.25, -0.2) is 9.78 Å². The zero-order chi connectivity index (χ0) is 22.7. The number of rotatable bonds is 5. The van der Waals surface area contributed by atoms with Gasteiger partial charge in [0.25, 0.3) is 0 Å². The third-order valence-electron chi connectivity index (χ3n) is 5.77. The molecule has 1 saturated heterocycles. The van der Waals surface area contributed by atoms with Crippen molar-refractivity contribution in [1.82, 2.24) is 14.9 Å². The van der Waals surface area contributed by atoms with E-state index in [1.165, 1.54) is 0 Å². The molecule has 2 aliphatic rings. The third-order valence-corrected chi connectivity index (χ3v) is 5.77. The van der Waals surface area contributed by atoms with Crippen LogP contribution in [0.3, 0.4) is 0 Å². The number of benzene rings is 1. The van der Waals surface area contributed by atoms with Crippen molar-refractivity contribution in [2.45, 2.75) is 26.7 Å². The van der Waals surface area contributed by atoms with Gasteiger partial charge in [-0.2, -0.15) is 4.98 Å². The fourth-order valence-electron chi connectivity index (χ4n) is 4.10. The van der Waals surface area contributed by atoms with Crippen LogP contribution in [0.5, 0.6) is 5.75 Å². The van der Waals surface area contributed by atoms with Crippen LogP contribution in [0.4, 0.5) is 22.2 Å². The second-order valence-electron chi connectivity index (χ2n) is 8.16. The van der Waals surface area contributed by atoms with Crippen LogP contribution in [0, 0.1) is 5.92 Å². The minimum atomic E-state index is -0.292. The largest absolute Gasteiger partial charge is 0.497 e. The van der Waals surface area contributed by atoms with Crippen molar-refractivity contribution in [1.29, 1.82) is 0 Å². The molecule has 9 heteroatoms. The summed E-state index contributed by atoms with van der Waals surface area (Å²) in [5.74, 6) is 2.16. The summed E-state index contributed by atoms with van der Waals surface area (Å²) in [5, 5.41) is 3.31. The first-order chi connectivity index (χ1) is 15.5. The molecule has 1 amide bonds. The first kappa shape index (κ1) is 21.9. The van der Waals surface area contributed by atoms with Crippen LogP contribution in [0.2, 0.25) is 0 Å². The Morgan fingerprint density at radius 3 is 2.50 bits per heavy atom. The standard InChI is InChI=1S/C23H29N5O4/c1-4-32-23(30)28-11-9-27(10-12-28)22-25-18-13-15(2)14-19(29)20(18)21(26-22)24-16-5-7-17(31-3)8-6-16/h5-8,15H,4,9-14H2,1-3H3,(H,24,25,26). The van der Waals surface area contributed by atoms with E-state index in [0.29, 0.717) is 56.5 Å². The third kappa shape index (κ3) is 4.61. The number of carbonyl (C=O) groups is 2. The van der Waals surface area contributed by atoms with Gasteiger partial charge < -0.3 is 24.6 Å². The molecule has 170 valence electrons. The van der Waals surface area contributed by atoms with E-state index in [0.717, 1.165) is 23.6 Å². The van der Waals surface area contributed by atoms with Crippen molar-refractivity contribution in [2.75, 3.05) is 50.1 Å². The Labute approximate surface area is 187 Å². The van der Waals surface area contributed by atoms with Gasteiger partial charge in [-0.1, -0.05) is 6.92 Å². The Bertz CT molecular complexity index is 987. The molecule has 0 saturated carbocycles. The Kier molecular flexibility index (Phi) is 6.43. The lowest BCUT2D eigenvalue weighted by molar-refractivity contribution is 0.0951. The molecule has 1 aromatic heterocycles. The molecule has 0 radical (unpaired) electrons. The van der Waals surface area contributed by atoms with Gasteiger partial charge in [0.15, 0.2) is 5.78 Å². The topological polar surface area (TPSA) is 96.9 Å². The number of hydrogen-bond acceptors (Lipinski definition) is 8. The first-order valence-corrected chi connectivity index (χ1v) is 11.0. The summed E-state index contributed by atoms with van der Waals surface area (Å²) >= 11 is 0. The Morgan fingerprint density at radius 1 is 1.12 bits per heavy atom. The minimum absolute atomic E-state index is 0.0634. The number of Topliss-reactive ketones (excluding diaryl/α,β-unsaturated/α-hetero) is 1. The molecule has 1 unspecified atom stereocenters. The van der Waals surface area contributed by atoms with E-state index in [-0.39, 0.29) is 17.8 Å². The minimum Gasteiger partial charge on any atom is -0.497 e. The van der Waals surface area contributed by atoms with E-state index >= 15 is 0 Å². The molecule has 9 nitrogen and oxygen atoms in total. The fourth-order valence-corrected chi connectivity index (χ4v) is 4.10. The number of hydrogen-bond donors (Lipinski definition) is 1. The highest BCUT2D eigenvalue weighted by Crippen LogP contribution is 2.32. The Morgan fingerprint density at radius 2 is 1.84 bits per heavy atom. The predicted molar refractivity (Wildman–Crippen MR) is 121 cm³/mol. The highest BCUT2D eigenvalue weighted by Gasteiger charge is 2.30. The Balaban J connectivity index is 1.61. The van der Waals surface area contributed by atoms with E-state index in [2.05, 4.69) is 17.1 Å². The fraction of sp³-hybridized carbons (Fsp3) is 0.478. The normalized spacial score (nSPS) is 18.2. The lowest BCUT2D eigenvalue weighted by atomic mass is 9.87. The van der Waals surface area contributed by atoms with Crippen LogP contribution in [0.1, 0.15) is 36.3 Å². The van der Waals surface area contributed by atoms with Gasteiger partial charge in [0.2, 0.25) is 5.95 Å². The summed E-state index contributed by atoms with van der Waals surface area (Å²) in [5.41, 5.74) is 2.17. The van der Waals surface area contributed by atoms with Gasteiger partial charge in [-0.15, -0.1) is 0 Å². The lowest BCUT2D eigenvalue weighted by Gasteiger charge is -2.34. The number of carbonyl (C=O) groups excluding carboxylic acids is 2. The highest BCUT2D eigenvalue weighted by molar-refractivity contribution is 6.03. The molecule has 1 atom stereocenters. The number of methoxy groups -OCH3 is 1. The lowest BCUT2D eigenvalue weighted by Crippen LogP contribution is -2.49. The van der Waals surface area contributed by atoms with Crippen molar-refractivity contribution >= 4 is 29.3 Å². The van der Waals surface area contributed by atoms with E-state index in [1.807, 2.05) is 24.3 Å². The number of fused-ring (bicyclic) bond motifs is 1. The van der Waals surface area contributed by atoms with Crippen molar-refractivity contribution in [3.8, 4) is 5.75 Å². The number of anilines is 3. The van der Waals surface area contributed by atoms with Gasteiger partial charge in [-0.05, 0) is 43.5 Å². The molecule has 1 fully saturated rings. The summed E-state index contributed by atoms with van der Waals surface area (Å²) in [7, 11) is 1.62. The van der Waals surface area contributed by atoms with Crippen molar-refractivity contribution in [3.63, 3.8) is 0 Å². The zero-order valence-corrected chi connectivity index (χ0v) is 18.8. The van der Waals surface area contributed by atoms with Crippen LogP contribution >= 0.6 is 0 Å². The molecule has 1 aliphatic carbocycles. The molecule has 0 spiro atoms. The molecule has 4 rings (SSSR count). The van der Waals surface area contributed by atoms with Crippen LogP contribution in [-0.2, 0) is 11.2 Å². The number of amides is 1. The van der Waals surface area contributed by atoms with Crippen molar-refractivity contribution in [2.24, 2.45) is 5.92 Å². The van der Waals surface area contributed by atoms with Gasteiger partial charge >= 0.3 is 6.09 Å². The first-order valence-electron chi connectivity index (χ1n) is 11.0. The average Bonchev–Trinajstić information content (AvgIpc) is 2.79. The summed E-state index contributed by atoms with van der Waals surface area (Å²) in [6, 6.07) is 7.49. The van der Waals surface area contributed by atoms with Crippen LogP contribution < -0.4 is 15.0 Å². The SMILES string of the molecule is CCOC(=O)N1CCN(c2nc3c(c(Nc4ccc(OC)cc4)n2)C(=O)CC(C)C3)CC1. The summed E-state index contributed by atoms with van der Waals surface area (Å²) in [6.45, 7) is 6.50. The maximum Gasteiger partial charge on any atom is 0.409 e. The predicted octanol–water partition coefficient (Wildman–Crippen LogP) is 3.27. The van der Waals surface area contributed by atoms with Crippen molar-refractivity contribution < 1.29 is 19.1 Å². The second kappa shape index (κ2) is 9.42. The number of ketones is 1. The zero-order valence-electron chi connectivity index (χ0n) is 18.8. The van der Waals surface area contributed by atoms with Gasteiger partial charge in [0, 0.05) is 38.3 Å². The molecule has 1 aliphatic heterocycles. The molecule has 2 heterocycles. The number of ether oxygens (including phenoxy) is 2. The molecular formula is C23H29N5O4. The smallest absolute Gasteiger partial charge is 0.409 e. The number of nitrogens with one attached hydrogen (secondary N) is 1. The van der Waals surface area contributed by atoms with Gasteiger partial charge in [0.1, 0.15) is 11.6 Å². The van der Waals surface area contributed by atoms with Crippen LogP contribution in [-0.4, -0.2) is 66.6 Å². The van der Waals surface area contributed by atoms with E-state index in [1.54, 1.807) is 18.9 Å². The summed E-state index contributed by atoms with van der Waals surface area (Å²) in [4.78, 5) is 38.1. The molecule has 1 N–H and O–H groups in total. The average molecular weight is 440 g/mol. The second-order valence-corrected chi connectivity index (χ2v) is 8.16. The molecule has 1 aromatic carbocycles. The molecule has 32 heavy (non-hydrogen) atoms. The maximum absolute atomic E-state index is 12.9. The molecule has 0 bridgehead atoms. The van der Waals surface area contributed by atoms with Gasteiger partial charge in [0.05, 0.1) is 25.0 Å². The quantitative estimate of drug-likeness (QED) is 0.758. The van der Waals surface area contributed by atoms with E-state index < -0.39 is 0 Å². The number of aromatic nitrogens is 2. The monoisotopic (exact) mass is 439 g/mol. The summed E-state index contributed by atoms with van der Waals surface area (Å²) in [6.07, 6.45) is 0.932. The molecular weight excluding hydrogens is 410 g/mol. The van der Waals surface area contributed by atoms with E-state index in [9.17, 15) is 9.59 Å². The Hall–Kier alpha value is -3.36. The highest BCUT2D eigenvalue weighted by atomic mass is 16.6. The van der Waals surface area contributed by atoms with Gasteiger partial charge in [-0.3, -0.25) is 4.79 Å². The maximum atomic E-state index is 12.9. The van der Waals surface area contributed by atoms with E-state index in [4.69, 9.17) is 19.4 Å². The summed E-state index contributed by atoms with van der Waals surface area (Å²) < 4.78 is 10.3.